The summed E-state index contributed by atoms with van der Waals surface area (Å²) in [5.41, 5.74) is 6.62. The molecule has 1 aliphatic heterocycles. The average molecular weight is 196 g/mol. The third kappa shape index (κ3) is 2.56. The molecule has 1 fully saturated rings. The summed E-state index contributed by atoms with van der Waals surface area (Å²) < 4.78 is 0. The highest BCUT2D eigenvalue weighted by Gasteiger charge is 2.26. The van der Waals surface area contributed by atoms with Crippen LogP contribution in [0.4, 0.5) is 0 Å². The van der Waals surface area contributed by atoms with E-state index < -0.39 is 0 Å². The molecule has 0 spiro atoms. The van der Waals surface area contributed by atoms with E-state index in [9.17, 15) is 0 Å². The molecule has 0 aliphatic carbocycles. The lowest BCUT2D eigenvalue weighted by molar-refractivity contribution is 0.322. The highest BCUT2D eigenvalue weighted by molar-refractivity contribution is 5.80. The zero-order valence-corrected chi connectivity index (χ0v) is 9.12. The minimum Gasteiger partial charge on any atom is -0.404 e. The van der Waals surface area contributed by atoms with Gasteiger partial charge in [0.1, 0.15) is 0 Å². The molecule has 14 heavy (non-hydrogen) atoms. The first-order chi connectivity index (χ1) is 6.69. The third-order valence-corrected chi connectivity index (χ3v) is 2.54. The van der Waals surface area contributed by atoms with Crippen molar-refractivity contribution in [3.05, 3.63) is 11.8 Å². The summed E-state index contributed by atoms with van der Waals surface area (Å²) in [5, 5.41) is 6.93. The largest absolute Gasteiger partial charge is 0.404 e. The van der Waals surface area contributed by atoms with Crippen LogP contribution in [0.3, 0.4) is 0 Å². The number of aliphatic imine (C=N–C) groups is 1. The van der Waals surface area contributed by atoms with Gasteiger partial charge in [0.15, 0.2) is 0 Å². The van der Waals surface area contributed by atoms with Crippen molar-refractivity contribution in [1.29, 1.82) is 0 Å². The SMILES string of the molecule is CN=CC(=CN)C1NC(C)CNC1C. The lowest BCUT2D eigenvalue weighted by Gasteiger charge is -2.35. The average Bonchev–Trinajstić information content (AvgIpc) is 2.18. The van der Waals surface area contributed by atoms with E-state index in [1.54, 1.807) is 13.2 Å². The Hall–Kier alpha value is -0.870. The number of nitrogens with one attached hydrogen (secondary N) is 2. The molecule has 80 valence electrons. The summed E-state index contributed by atoms with van der Waals surface area (Å²) in [6.07, 6.45) is 3.44. The molecule has 0 saturated carbocycles. The number of hydrogen-bond donors (Lipinski definition) is 3. The smallest absolute Gasteiger partial charge is 0.0505 e. The molecule has 3 atom stereocenters. The van der Waals surface area contributed by atoms with Gasteiger partial charge in [0, 0.05) is 43.7 Å². The van der Waals surface area contributed by atoms with Crippen LogP contribution >= 0.6 is 0 Å². The van der Waals surface area contributed by atoms with E-state index in [2.05, 4.69) is 29.5 Å². The summed E-state index contributed by atoms with van der Waals surface area (Å²) in [6.45, 7) is 5.30. The van der Waals surface area contributed by atoms with Gasteiger partial charge in [-0.25, -0.2) is 0 Å². The van der Waals surface area contributed by atoms with Gasteiger partial charge in [0.2, 0.25) is 0 Å². The Morgan fingerprint density at radius 3 is 2.79 bits per heavy atom. The Morgan fingerprint density at radius 2 is 2.21 bits per heavy atom. The summed E-state index contributed by atoms with van der Waals surface area (Å²) >= 11 is 0. The minimum absolute atomic E-state index is 0.257. The molecule has 1 aliphatic rings. The van der Waals surface area contributed by atoms with Crippen molar-refractivity contribution in [1.82, 2.24) is 10.6 Å². The first-order valence-corrected chi connectivity index (χ1v) is 5.02. The first kappa shape index (κ1) is 11.2. The van der Waals surface area contributed by atoms with Crippen LogP contribution in [0.15, 0.2) is 16.8 Å². The second kappa shape index (κ2) is 5.12. The van der Waals surface area contributed by atoms with E-state index in [0.717, 1.165) is 12.1 Å². The standard InChI is InChI=1S/C10H20N4/c1-7-5-13-8(2)10(14-7)9(4-11)6-12-3/h4,6-8,10,13-14H,5,11H2,1-3H3. The monoisotopic (exact) mass is 196 g/mol. The fourth-order valence-corrected chi connectivity index (χ4v) is 1.75. The molecular weight excluding hydrogens is 176 g/mol. The Bertz CT molecular complexity index is 234. The topological polar surface area (TPSA) is 62.4 Å². The number of piperazine rings is 1. The number of hydrogen-bond acceptors (Lipinski definition) is 4. The molecule has 4 N–H and O–H groups in total. The first-order valence-electron chi connectivity index (χ1n) is 5.02. The summed E-state index contributed by atoms with van der Waals surface area (Å²) in [6, 6.07) is 1.11. The van der Waals surface area contributed by atoms with Crippen LogP contribution in [0.25, 0.3) is 0 Å². The van der Waals surface area contributed by atoms with Crippen LogP contribution in [-0.4, -0.2) is 37.9 Å². The van der Waals surface area contributed by atoms with E-state index in [4.69, 9.17) is 5.73 Å². The molecule has 1 heterocycles. The number of nitrogens with zero attached hydrogens (tertiary/aromatic N) is 1. The normalized spacial score (nSPS) is 35.1. The Kier molecular flexibility index (Phi) is 4.10. The second-order valence-electron chi connectivity index (χ2n) is 3.80. The van der Waals surface area contributed by atoms with Crippen molar-refractivity contribution in [2.45, 2.75) is 32.0 Å². The Labute approximate surface area is 85.7 Å². The maximum atomic E-state index is 5.58. The van der Waals surface area contributed by atoms with Crippen molar-refractivity contribution in [2.24, 2.45) is 10.7 Å². The van der Waals surface area contributed by atoms with Gasteiger partial charge in [0.05, 0.1) is 6.04 Å². The van der Waals surface area contributed by atoms with Crippen molar-refractivity contribution in [3.63, 3.8) is 0 Å². The zero-order chi connectivity index (χ0) is 10.6. The Morgan fingerprint density at radius 1 is 1.50 bits per heavy atom. The van der Waals surface area contributed by atoms with Crippen LogP contribution in [0, 0.1) is 0 Å². The van der Waals surface area contributed by atoms with Crippen molar-refractivity contribution < 1.29 is 0 Å². The van der Waals surface area contributed by atoms with Gasteiger partial charge in [-0.15, -0.1) is 0 Å². The van der Waals surface area contributed by atoms with Crippen LogP contribution in [0.1, 0.15) is 13.8 Å². The van der Waals surface area contributed by atoms with Gasteiger partial charge in [-0.05, 0) is 13.8 Å². The quantitative estimate of drug-likeness (QED) is 0.539. The lowest BCUT2D eigenvalue weighted by Crippen LogP contribution is -2.59. The van der Waals surface area contributed by atoms with Gasteiger partial charge in [-0.2, -0.15) is 0 Å². The molecule has 0 aromatic carbocycles. The van der Waals surface area contributed by atoms with Gasteiger partial charge in [0.25, 0.3) is 0 Å². The van der Waals surface area contributed by atoms with Gasteiger partial charge >= 0.3 is 0 Å². The lowest BCUT2D eigenvalue weighted by atomic mass is 9.98. The molecule has 0 aromatic rings. The second-order valence-corrected chi connectivity index (χ2v) is 3.80. The predicted molar refractivity (Wildman–Crippen MR) is 60.5 cm³/mol. The van der Waals surface area contributed by atoms with E-state index in [1.807, 2.05) is 6.21 Å². The highest BCUT2D eigenvalue weighted by atomic mass is 15.1. The van der Waals surface area contributed by atoms with E-state index >= 15 is 0 Å². The maximum Gasteiger partial charge on any atom is 0.0505 e. The van der Waals surface area contributed by atoms with E-state index in [1.165, 1.54) is 0 Å². The van der Waals surface area contributed by atoms with Gasteiger partial charge in [-0.3, -0.25) is 4.99 Å². The predicted octanol–water partition coefficient (Wildman–Crippen LogP) is -0.132. The molecule has 1 saturated heterocycles. The van der Waals surface area contributed by atoms with Crippen molar-refractivity contribution in [3.8, 4) is 0 Å². The van der Waals surface area contributed by atoms with Crippen molar-refractivity contribution in [2.75, 3.05) is 13.6 Å². The molecule has 0 aromatic heterocycles. The minimum atomic E-state index is 0.257. The summed E-state index contributed by atoms with van der Waals surface area (Å²) in [7, 11) is 1.76. The molecule has 4 heteroatoms. The van der Waals surface area contributed by atoms with Crippen LogP contribution in [0.5, 0.6) is 0 Å². The molecule has 0 amide bonds. The van der Waals surface area contributed by atoms with Gasteiger partial charge < -0.3 is 16.4 Å². The van der Waals surface area contributed by atoms with Crippen LogP contribution in [-0.2, 0) is 0 Å². The van der Waals surface area contributed by atoms with Gasteiger partial charge in [-0.1, -0.05) is 0 Å². The molecule has 1 rings (SSSR count). The number of nitrogens with two attached hydrogens (primary N) is 1. The summed E-state index contributed by atoms with van der Waals surface area (Å²) in [5.74, 6) is 0. The number of rotatable bonds is 2. The highest BCUT2D eigenvalue weighted by Crippen LogP contribution is 2.09. The van der Waals surface area contributed by atoms with E-state index in [0.29, 0.717) is 12.1 Å². The fourth-order valence-electron chi connectivity index (χ4n) is 1.75. The summed E-state index contributed by atoms with van der Waals surface area (Å²) in [4.78, 5) is 4.00. The maximum absolute atomic E-state index is 5.58. The molecule has 0 bridgehead atoms. The molecular formula is C10H20N4. The fraction of sp³-hybridized carbons (Fsp3) is 0.700. The van der Waals surface area contributed by atoms with Crippen LogP contribution < -0.4 is 16.4 Å². The molecule has 0 radical (unpaired) electrons. The molecule has 3 unspecified atom stereocenters. The zero-order valence-electron chi connectivity index (χ0n) is 9.12. The third-order valence-electron chi connectivity index (χ3n) is 2.54. The molecule has 4 nitrogen and oxygen atoms in total. The van der Waals surface area contributed by atoms with E-state index in [-0.39, 0.29) is 6.04 Å². The Balaban J connectivity index is 2.72. The van der Waals surface area contributed by atoms with Crippen molar-refractivity contribution >= 4 is 6.21 Å². The van der Waals surface area contributed by atoms with Crippen LogP contribution in [0.2, 0.25) is 0 Å².